The van der Waals surface area contributed by atoms with E-state index in [0.717, 1.165) is 0 Å². The Morgan fingerprint density at radius 2 is 1.91 bits per heavy atom. The van der Waals surface area contributed by atoms with E-state index in [0.29, 0.717) is 22.3 Å². The molecule has 0 aliphatic carbocycles. The predicted molar refractivity (Wildman–Crippen MR) is 90.8 cm³/mol. The average Bonchev–Trinajstić information content (AvgIpc) is 3.03. The minimum atomic E-state index is -0.621. The zero-order chi connectivity index (χ0) is 16.8. The normalized spacial score (nSPS) is 12.0. The van der Waals surface area contributed by atoms with Gasteiger partial charge in [0.15, 0.2) is 0 Å². The van der Waals surface area contributed by atoms with Crippen molar-refractivity contribution in [3.8, 4) is 0 Å². The molecule has 0 unspecified atom stereocenters. The molecule has 6 heteroatoms. The molecule has 0 radical (unpaired) electrons. The Kier molecular flexibility index (Phi) is 5.98. The molecule has 2 amide bonds. The van der Waals surface area contributed by atoms with Crippen molar-refractivity contribution in [1.29, 1.82) is 0 Å². The summed E-state index contributed by atoms with van der Waals surface area (Å²) in [6, 6.07) is 10.0. The maximum absolute atomic E-state index is 12.4. The lowest BCUT2D eigenvalue weighted by atomic mass is 10.0. The number of hydrogen-bond donors (Lipinski definition) is 2. The van der Waals surface area contributed by atoms with Gasteiger partial charge in [-0.2, -0.15) is 0 Å². The van der Waals surface area contributed by atoms with Crippen molar-refractivity contribution in [2.24, 2.45) is 5.92 Å². The van der Waals surface area contributed by atoms with Crippen LogP contribution in [0, 0.1) is 5.92 Å². The Hall–Kier alpha value is -2.08. The summed E-state index contributed by atoms with van der Waals surface area (Å²) in [5.41, 5.74) is 0.497. The van der Waals surface area contributed by atoms with E-state index in [9.17, 15) is 9.59 Å². The van der Waals surface area contributed by atoms with Gasteiger partial charge in [0.05, 0.1) is 18.4 Å². The number of furan rings is 1. The number of carbonyl (C=O) groups excluding carboxylic acids is 2. The molecular weight excluding hydrogens is 360 g/mol. The number of benzene rings is 1. The zero-order valence-corrected chi connectivity index (χ0v) is 14.6. The number of amides is 2. The Morgan fingerprint density at radius 3 is 2.52 bits per heavy atom. The topological polar surface area (TPSA) is 71.3 Å². The van der Waals surface area contributed by atoms with E-state index < -0.39 is 6.04 Å². The van der Waals surface area contributed by atoms with E-state index in [1.807, 2.05) is 19.9 Å². The highest BCUT2D eigenvalue weighted by molar-refractivity contribution is 9.10. The van der Waals surface area contributed by atoms with E-state index >= 15 is 0 Å². The second kappa shape index (κ2) is 7.97. The third kappa shape index (κ3) is 4.69. The first-order chi connectivity index (χ1) is 11.0. The summed E-state index contributed by atoms with van der Waals surface area (Å²) >= 11 is 3.34. The van der Waals surface area contributed by atoms with Crippen LogP contribution >= 0.6 is 15.9 Å². The van der Waals surface area contributed by atoms with Crippen molar-refractivity contribution in [1.82, 2.24) is 10.6 Å². The Balaban J connectivity index is 2.02. The molecule has 5 nitrogen and oxygen atoms in total. The molecule has 0 aliphatic heterocycles. The molecule has 0 spiro atoms. The number of halogens is 1. The van der Waals surface area contributed by atoms with Crippen LogP contribution in [0.2, 0.25) is 0 Å². The van der Waals surface area contributed by atoms with Gasteiger partial charge >= 0.3 is 0 Å². The van der Waals surface area contributed by atoms with Gasteiger partial charge in [-0.1, -0.05) is 26.0 Å². The number of hydrogen-bond acceptors (Lipinski definition) is 3. The Labute approximate surface area is 143 Å². The van der Waals surface area contributed by atoms with Gasteiger partial charge in [-0.25, -0.2) is 0 Å². The standard InChI is InChI=1S/C17H19BrN2O3/c1-11(2)15(17(22)19-10-12-6-5-9-23-12)20-16(21)13-7-3-4-8-14(13)18/h3-9,11,15H,10H2,1-2H3,(H,19,22)(H,20,21)/t15-/m0/s1. The van der Waals surface area contributed by atoms with Crippen LogP contribution in [0.25, 0.3) is 0 Å². The lowest BCUT2D eigenvalue weighted by molar-refractivity contribution is -0.124. The highest BCUT2D eigenvalue weighted by atomic mass is 79.9. The van der Waals surface area contributed by atoms with Gasteiger partial charge in [0.1, 0.15) is 11.8 Å². The molecule has 2 N–H and O–H groups in total. The molecule has 2 aromatic rings. The van der Waals surface area contributed by atoms with Gasteiger partial charge in [-0.15, -0.1) is 0 Å². The number of nitrogens with one attached hydrogen (secondary N) is 2. The molecule has 1 aromatic carbocycles. The van der Waals surface area contributed by atoms with Gasteiger partial charge in [0, 0.05) is 4.47 Å². The van der Waals surface area contributed by atoms with Crippen LogP contribution < -0.4 is 10.6 Å². The van der Waals surface area contributed by atoms with Gasteiger partial charge in [0.2, 0.25) is 5.91 Å². The van der Waals surface area contributed by atoms with Gasteiger partial charge < -0.3 is 15.1 Å². The fourth-order valence-electron chi connectivity index (χ4n) is 2.10. The average molecular weight is 379 g/mol. The summed E-state index contributed by atoms with van der Waals surface area (Å²) in [5.74, 6) is 0.0946. The van der Waals surface area contributed by atoms with Crippen LogP contribution in [0.3, 0.4) is 0 Å². The molecule has 2 rings (SSSR count). The van der Waals surface area contributed by atoms with Crippen molar-refractivity contribution >= 4 is 27.7 Å². The molecule has 0 saturated carbocycles. The van der Waals surface area contributed by atoms with E-state index in [-0.39, 0.29) is 17.7 Å². The molecule has 1 atom stereocenters. The van der Waals surface area contributed by atoms with Crippen LogP contribution in [-0.2, 0) is 11.3 Å². The van der Waals surface area contributed by atoms with Crippen molar-refractivity contribution in [3.63, 3.8) is 0 Å². The molecular formula is C17H19BrN2O3. The SMILES string of the molecule is CC(C)[C@H](NC(=O)c1ccccc1Br)C(=O)NCc1ccco1. The van der Waals surface area contributed by atoms with E-state index in [2.05, 4.69) is 26.6 Å². The molecule has 0 fully saturated rings. The monoisotopic (exact) mass is 378 g/mol. The second-order valence-electron chi connectivity index (χ2n) is 5.47. The van der Waals surface area contributed by atoms with Crippen LogP contribution in [-0.4, -0.2) is 17.9 Å². The van der Waals surface area contributed by atoms with Crippen molar-refractivity contribution < 1.29 is 14.0 Å². The molecule has 23 heavy (non-hydrogen) atoms. The quantitative estimate of drug-likeness (QED) is 0.810. The van der Waals surface area contributed by atoms with E-state index in [4.69, 9.17) is 4.42 Å². The zero-order valence-electron chi connectivity index (χ0n) is 13.0. The molecule has 0 bridgehead atoms. The number of carbonyl (C=O) groups is 2. The fraction of sp³-hybridized carbons (Fsp3) is 0.294. The van der Waals surface area contributed by atoms with Gasteiger partial charge in [-0.3, -0.25) is 9.59 Å². The van der Waals surface area contributed by atoms with Gasteiger partial charge in [0.25, 0.3) is 5.91 Å². The Bertz CT molecular complexity index is 668. The largest absolute Gasteiger partial charge is 0.467 e. The highest BCUT2D eigenvalue weighted by Crippen LogP contribution is 2.16. The third-order valence-corrected chi connectivity index (χ3v) is 4.06. The summed E-state index contributed by atoms with van der Waals surface area (Å²) < 4.78 is 5.87. The fourth-order valence-corrected chi connectivity index (χ4v) is 2.56. The number of rotatable bonds is 6. The van der Waals surface area contributed by atoms with Crippen LogP contribution in [0.5, 0.6) is 0 Å². The summed E-state index contributed by atoms with van der Waals surface area (Å²) in [6.07, 6.45) is 1.55. The third-order valence-electron chi connectivity index (χ3n) is 3.37. The maximum atomic E-state index is 12.4. The van der Waals surface area contributed by atoms with Crippen molar-refractivity contribution in [2.45, 2.75) is 26.4 Å². The minimum Gasteiger partial charge on any atom is -0.467 e. The molecule has 1 aromatic heterocycles. The molecule has 0 saturated heterocycles. The molecule has 122 valence electrons. The second-order valence-corrected chi connectivity index (χ2v) is 6.33. The van der Waals surface area contributed by atoms with E-state index in [1.54, 1.807) is 36.6 Å². The molecule has 0 aliphatic rings. The summed E-state index contributed by atoms with van der Waals surface area (Å²) in [6.45, 7) is 4.06. The van der Waals surface area contributed by atoms with E-state index in [1.165, 1.54) is 0 Å². The molecule has 1 heterocycles. The Morgan fingerprint density at radius 1 is 1.17 bits per heavy atom. The lowest BCUT2D eigenvalue weighted by Crippen LogP contribution is -2.49. The van der Waals surface area contributed by atoms with Crippen LogP contribution in [0.15, 0.2) is 51.6 Å². The van der Waals surface area contributed by atoms with Gasteiger partial charge in [-0.05, 0) is 46.1 Å². The summed E-state index contributed by atoms with van der Waals surface area (Å²) in [4.78, 5) is 24.7. The van der Waals surface area contributed by atoms with Crippen LogP contribution in [0.1, 0.15) is 30.0 Å². The van der Waals surface area contributed by atoms with Crippen molar-refractivity contribution in [3.05, 3.63) is 58.5 Å². The summed E-state index contributed by atoms with van der Waals surface area (Å²) in [7, 11) is 0. The van der Waals surface area contributed by atoms with Crippen molar-refractivity contribution in [2.75, 3.05) is 0 Å². The highest BCUT2D eigenvalue weighted by Gasteiger charge is 2.25. The minimum absolute atomic E-state index is 0.0435. The smallest absolute Gasteiger partial charge is 0.253 e. The predicted octanol–water partition coefficient (Wildman–Crippen LogP) is 3.11. The first-order valence-corrected chi connectivity index (χ1v) is 8.14. The first kappa shape index (κ1) is 17.3. The van der Waals surface area contributed by atoms with Crippen LogP contribution in [0.4, 0.5) is 0 Å². The maximum Gasteiger partial charge on any atom is 0.253 e. The first-order valence-electron chi connectivity index (χ1n) is 7.34. The summed E-state index contributed by atoms with van der Waals surface area (Å²) in [5, 5.41) is 5.57. The lowest BCUT2D eigenvalue weighted by Gasteiger charge is -2.21.